The smallest absolute Gasteiger partial charge is 0.0643 e. The zero-order valence-electron chi connectivity index (χ0n) is 12.1. The van der Waals surface area contributed by atoms with E-state index in [4.69, 9.17) is 5.73 Å². The number of nitrogen functional groups attached to an aromatic ring is 1. The Morgan fingerprint density at radius 3 is 2.62 bits per heavy atom. The van der Waals surface area contributed by atoms with Crippen LogP contribution in [0, 0.1) is 0 Å². The number of nitrogens with zero attached hydrogens (tertiary/aromatic N) is 1. The van der Waals surface area contributed by atoms with Crippen molar-refractivity contribution in [2.45, 2.75) is 18.9 Å². The van der Waals surface area contributed by atoms with E-state index in [1.807, 2.05) is 6.07 Å². The lowest BCUT2D eigenvalue weighted by molar-refractivity contribution is 0.437. The van der Waals surface area contributed by atoms with Crippen molar-refractivity contribution in [1.29, 1.82) is 0 Å². The number of hydrogen-bond donors (Lipinski definition) is 1. The van der Waals surface area contributed by atoms with Crippen LogP contribution in [0.4, 0.5) is 5.69 Å². The Bertz CT molecular complexity index is 898. The van der Waals surface area contributed by atoms with Crippen LogP contribution in [-0.4, -0.2) is 4.57 Å². The van der Waals surface area contributed by atoms with Gasteiger partial charge in [0.1, 0.15) is 0 Å². The number of anilines is 1. The molecule has 0 fully saturated rings. The molecular weight excluding hydrogens is 256 g/mol. The molecule has 1 atom stereocenters. The zero-order chi connectivity index (χ0) is 14.4. The van der Waals surface area contributed by atoms with Crippen molar-refractivity contribution in [3.05, 3.63) is 66.8 Å². The summed E-state index contributed by atoms with van der Waals surface area (Å²) in [4.78, 5) is 0. The van der Waals surface area contributed by atoms with Gasteiger partial charge in [-0.2, -0.15) is 0 Å². The van der Waals surface area contributed by atoms with Crippen LogP contribution in [0.25, 0.3) is 21.8 Å². The van der Waals surface area contributed by atoms with Crippen LogP contribution in [0.2, 0.25) is 0 Å². The maximum Gasteiger partial charge on any atom is 0.0643 e. The maximum absolute atomic E-state index is 6.04. The molecule has 0 spiro atoms. The van der Waals surface area contributed by atoms with Crippen LogP contribution in [0.1, 0.15) is 13.3 Å². The van der Waals surface area contributed by atoms with Crippen molar-refractivity contribution in [3.8, 4) is 0 Å². The first kappa shape index (κ1) is 12.3. The average Bonchev–Trinajstić information content (AvgIpc) is 2.82. The van der Waals surface area contributed by atoms with Crippen LogP contribution < -0.4 is 5.73 Å². The fourth-order valence-electron chi connectivity index (χ4n) is 3.42. The summed E-state index contributed by atoms with van der Waals surface area (Å²) in [6.07, 6.45) is 9.75. The van der Waals surface area contributed by atoms with E-state index >= 15 is 0 Å². The number of rotatable bonds is 1. The molecule has 1 aliphatic carbocycles. The van der Waals surface area contributed by atoms with Gasteiger partial charge in [0, 0.05) is 22.0 Å². The predicted molar refractivity (Wildman–Crippen MR) is 90.4 cm³/mol. The fourth-order valence-corrected chi connectivity index (χ4v) is 3.42. The SMILES string of the molecule is CC1(n2c3ccccc3c3ccc(N)cc32)C=CC=CC1. The first-order chi connectivity index (χ1) is 10.2. The molecule has 0 saturated heterocycles. The minimum atomic E-state index is -0.0517. The molecule has 2 N–H and O–H groups in total. The highest BCUT2D eigenvalue weighted by molar-refractivity contribution is 6.09. The minimum absolute atomic E-state index is 0.0517. The van der Waals surface area contributed by atoms with Crippen molar-refractivity contribution >= 4 is 27.5 Å². The topological polar surface area (TPSA) is 30.9 Å². The Kier molecular flexibility index (Phi) is 2.49. The summed E-state index contributed by atoms with van der Waals surface area (Å²) >= 11 is 0. The highest BCUT2D eigenvalue weighted by Crippen LogP contribution is 2.38. The van der Waals surface area contributed by atoms with E-state index in [1.165, 1.54) is 21.8 Å². The number of para-hydroxylation sites is 1. The molecule has 21 heavy (non-hydrogen) atoms. The lowest BCUT2D eigenvalue weighted by Gasteiger charge is -2.31. The van der Waals surface area contributed by atoms with E-state index in [2.05, 4.69) is 72.2 Å². The quantitative estimate of drug-likeness (QED) is 0.645. The van der Waals surface area contributed by atoms with Crippen molar-refractivity contribution in [2.24, 2.45) is 0 Å². The molecule has 1 aromatic heterocycles. The summed E-state index contributed by atoms with van der Waals surface area (Å²) in [7, 11) is 0. The molecule has 1 heterocycles. The molecule has 0 radical (unpaired) electrons. The molecule has 4 rings (SSSR count). The van der Waals surface area contributed by atoms with Crippen molar-refractivity contribution in [3.63, 3.8) is 0 Å². The van der Waals surface area contributed by atoms with Gasteiger partial charge in [-0.3, -0.25) is 0 Å². The largest absolute Gasteiger partial charge is 0.399 e. The van der Waals surface area contributed by atoms with E-state index in [1.54, 1.807) is 0 Å². The van der Waals surface area contributed by atoms with Gasteiger partial charge in [0.25, 0.3) is 0 Å². The van der Waals surface area contributed by atoms with Crippen LogP contribution in [-0.2, 0) is 5.54 Å². The lowest BCUT2D eigenvalue weighted by atomic mass is 9.92. The minimum Gasteiger partial charge on any atom is -0.399 e. The molecule has 1 aliphatic rings. The van der Waals surface area contributed by atoms with Gasteiger partial charge >= 0.3 is 0 Å². The molecule has 0 aliphatic heterocycles. The third kappa shape index (κ3) is 1.72. The number of nitrogens with two attached hydrogens (primary N) is 1. The second-order valence-electron chi connectivity index (χ2n) is 5.98. The van der Waals surface area contributed by atoms with E-state index in [-0.39, 0.29) is 5.54 Å². The Morgan fingerprint density at radius 1 is 1.00 bits per heavy atom. The number of allylic oxidation sites excluding steroid dienone is 4. The summed E-state index contributed by atoms with van der Waals surface area (Å²) in [5, 5.41) is 2.56. The molecular formula is C19H18N2. The molecule has 1 unspecified atom stereocenters. The van der Waals surface area contributed by atoms with E-state index in [9.17, 15) is 0 Å². The number of hydrogen-bond acceptors (Lipinski definition) is 1. The maximum atomic E-state index is 6.04. The van der Waals surface area contributed by atoms with Gasteiger partial charge in [0.15, 0.2) is 0 Å². The summed E-state index contributed by atoms with van der Waals surface area (Å²) in [5.41, 5.74) is 9.27. The van der Waals surface area contributed by atoms with Gasteiger partial charge < -0.3 is 10.3 Å². The van der Waals surface area contributed by atoms with Crippen LogP contribution >= 0.6 is 0 Å². The van der Waals surface area contributed by atoms with Gasteiger partial charge in [0.2, 0.25) is 0 Å². The molecule has 2 aromatic carbocycles. The Morgan fingerprint density at radius 2 is 1.81 bits per heavy atom. The van der Waals surface area contributed by atoms with Crippen molar-refractivity contribution < 1.29 is 0 Å². The van der Waals surface area contributed by atoms with E-state index in [0.717, 1.165) is 12.1 Å². The third-order valence-corrected chi connectivity index (χ3v) is 4.44. The highest BCUT2D eigenvalue weighted by Gasteiger charge is 2.27. The van der Waals surface area contributed by atoms with Gasteiger partial charge in [0.05, 0.1) is 11.1 Å². The highest BCUT2D eigenvalue weighted by atomic mass is 15.1. The monoisotopic (exact) mass is 274 g/mol. The molecule has 2 nitrogen and oxygen atoms in total. The first-order valence-electron chi connectivity index (χ1n) is 7.33. The molecule has 3 aromatic rings. The normalized spacial score (nSPS) is 21.4. The van der Waals surface area contributed by atoms with Gasteiger partial charge in [-0.1, -0.05) is 48.6 Å². The second-order valence-corrected chi connectivity index (χ2v) is 5.98. The summed E-state index contributed by atoms with van der Waals surface area (Å²) in [6.45, 7) is 2.28. The number of benzene rings is 2. The molecule has 0 saturated carbocycles. The fraction of sp³-hybridized carbons (Fsp3) is 0.158. The Labute approximate surface area is 124 Å². The summed E-state index contributed by atoms with van der Waals surface area (Å²) in [6, 6.07) is 14.8. The van der Waals surface area contributed by atoms with Crippen molar-refractivity contribution in [1.82, 2.24) is 4.57 Å². The Balaban J connectivity index is 2.16. The lowest BCUT2D eigenvalue weighted by Crippen LogP contribution is -2.27. The van der Waals surface area contributed by atoms with Crippen LogP contribution in [0.15, 0.2) is 66.8 Å². The number of fused-ring (bicyclic) bond motifs is 3. The summed E-state index contributed by atoms with van der Waals surface area (Å²) < 4.78 is 2.42. The molecule has 2 heteroatoms. The van der Waals surface area contributed by atoms with Gasteiger partial charge in [-0.15, -0.1) is 0 Å². The van der Waals surface area contributed by atoms with Gasteiger partial charge in [-0.05, 0) is 31.5 Å². The Hall–Kier alpha value is -2.48. The number of aromatic nitrogens is 1. The first-order valence-corrected chi connectivity index (χ1v) is 7.33. The van der Waals surface area contributed by atoms with Crippen LogP contribution in [0.3, 0.4) is 0 Å². The zero-order valence-corrected chi connectivity index (χ0v) is 12.1. The summed E-state index contributed by atoms with van der Waals surface area (Å²) in [5.74, 6) is 0. The van der Waals surface area contributed by atoms with Crippen LogP contribution in [0.5, 0.6) is 0 Å². The molecule has 104 valence electrons. The van der Waals surface area contributed by atoms with Crippen molar-refractivity contribution in [2.75, 3.05) is 5.73 Å². The van der Waals surface area contributed by atoms with E-state index in [0.29, 0.717) is 0 Å². The molecule has 0 bridgehead atoms. The standard InChI is InChI=1S/C19H18N2/c1-19(11-5-2-6-12-19)21-17-8-4-3-7-15(17)16-10-9-14(20)13-18(16)21/h2-11,13H,12,20H2,1H3. The second kappa shape index (κ2) is 4.26. The third-order valence-electron chi connectivity index (χ3n) is 4.44. The predicted octanol–water partition coefficient (Wildman–Crippen LogP) is 4.61. The van der Waals surface area contributed by atoms with Gasteiger partial charge in [-0.25, -0.2) is 0 Å². The van der Waals surface area contributed by atoms with E-state index < -0.39 is 0 Å². The molecule has 0 amide bonds. The average molecular weight is 274 g/mol.